The molecule has 10 heteroatoms. The molecule has 0 aliphatic carbocycles. The molecule has 3 N–H and O–H groups in total. The zero-order valence-electron chi connectivity index (χ0n) is 24.0. The summed E-state index contributed by atoms with van der Waals surface area (Å²) in [7, 11) is 4.88. The van der Waals surface area contributed by atoms with E-state index in [1.54, 1.807) is 17.3 Å². The van der Waals surface area contributed by atoms with Gasteiger partial charge in [0, 0.05) is 39.5 Å². The molecule has 1 saturated heterocycles. The first-order chi connectivity index (χ1) is 20.9. The molecule has 0 spiro atoms. The number of aromatic amines is 2. The number of aromatic nitrogens is 3. The van der Waals surface area contributed by atoms with Gasteiger partial charge < -0.3 is 24.9 Å². The Morgan fingerprint density at radius 3 is 2.51 bits per heavy atom. The highest BCUT2D eigenvalue weighted by Crippen LogP contribution is 2.34. The highest BCUT2D eigenvalue weighted by atomic mass is 28.1. The summed E-state index contributed by atoms with van der Waals surface area (Å²) in [5, 5.41) is 5.49. The Bertz CT molecular complexity index is 1870. The van der Waals surface area contributed by atoms with Gasteiger partial charge in [0.25, 0.3) is 0 Å². The summed E-state index contributed by atoms with van der Waals surface area (Å²) in [6, 6.07) is 18.9. The Morgan fingerprint density at radius 2 is 1.79 bits per heavy atom. The van der Waals surface area contributed by atoms with Gasteiger partial charge in [-0.2, -0.15) is 0 Å². The third-order valence-electron chi connectivity index (χ3n) is 8.30. The molecule has 5 aromatic rings. The van der Waals surface area contributed by atoms with Gasteiger partial charge in [-0.15, -0.1) is 0 Å². The average molecular weight is 591 g/mol. The van der Waals surface area contributed by atoms with Gasteiger partial charge in [-0.1, -0.05) is 43.7 Å². The van der Waals surface area contributed by atoms with E-state index in [2.05, 4.69) is 66.9 Å². The molecule has 3 radical (unpaired) electrons. The summed E-state index contributed by atoms with van der Waals surface area (Å²) in [5.41, 5.74) is 5.07. The van der Waals surface area contributed by atoms with Crippen molar-refractivity contribution in [1.82, 2.24) is 25.2 Å². The van der Waals surface area contributed by atoms with E-state index in [0.717, 1.165) is 39.6 Å². The van der Waals surface area contributed by atoms with Gasteiger partial charge in [0.2, 0.25) is 5.91 Å². The topological polar surface area (TPSA) is 120 Å². The number of fused-ring (bicyclic) bond motifs is 2. The van der Waals surface area contributed by atoms with Crippen LogP contribution in [0.4, 0.5) is 4.79 Å². The van der Waals surface area contributed by atoms with Crippen molar-refractivity contribution in [2.45, 2.75) is 43.8 Å². The zero-order chi connectivity index (χ0) is 30.1. The van der Waals surface area contributed by atoms with Crippen LogP contribution in [-0.2, 0) is 9.53 Å². The van der Waals surface area contributed by atoms with Crippen LogP contribution in [0.2, 0.25) is 5.54 Å². The van der Waals surface area contributed by atoms with E-state index in [9.17, 15) is 14.4 Å². The van der Waals surface area contributed by atoms with Gasteiger partial charge in [0.05, 0.1) is 36.9 Å². The lowest BCUT2D eigenvalue weighted by Crippen LogP contribution is -2.50. The third-order valence-corrected chi connectivity index (χ3v) is 9.04. The Balaban J connectivity index is 1.32. The number of methoxy groups -OCH3 is 1. The molecule has 2 amide bonds. The second-order valence-electron chi connectivity index (χ2n) is 10.9. The van der Waals surface area contributed by atoms with Crippen LogP contribution in [-0.4, -0.2) is 61.8 Å². The van der Waals surface area contributed by atoms with Gasteiger partial charge >= 0.3 is 6.09 Å². The van der Waals surface area contributed by atoms with Crippen molar-refractivity contribution < 1.29 is 14.3 Å². The molecule has 1 aliphatic heterocycles. The second-order valence-corrected chi connectivity index (χ2v) is 11.7. The molecule has 3 atom stereocenters. The second kappa shape index (κ2) is 11.9. The standard InChI is InChI=1S/C33H32N5O4Si/c1-3-30(43)31(37-33(41)42-2)32(40)38-12-4-5-28(38)26-16-29(39)24-11-10-22(15-25(24)36-26)20-6-7-21-14-23(9-8-19(21)13-20)27-17-34-18-35-27/h6-11,13-18,28,30-31H,3-5,12H2,1-2H3,(H,34,35)(H,36,39)(H,37,41). The monoisotopic (exact) mass is 590 g/mol. The van der Waals surface area contributed by atoms with Gasteiger partial charge in [-0.25, -0.2) is 9.78 Å². The molecule has 2 aromatic heterocycles. The smallest absolute Gasteiger partial charge is 0.407 e. The fourth-order valence-corrected chi connectivity index (χ4v) is 6.15. The molecule has 6 rings (SSSR count). The van der Waals surface area contributed by atoms with Crippen molar-refractivity contribution in [2.24, 2.45) is 0 Å². The molecule has 0 bridgehead atoms. The minimum atomic E-state index is -0.794. The van der Waals surface area contributed by atoms with Crippen LogP contribution in [0.15, 0.2) is 78.0 Å². The number of imidazole rings is 1. The number of hydrogen-bond acceptors (Lipinski definition) is 5. The lowest BCUT2D eigenvalue weighted by molar-refractivity contribution is -0.134. The Morgan fingerprint density at radius 1 is 1.07 bits per heavy atom. The molecule has 3 aromatic carbocycles. The lowest BCUT2D eigenvalue weighted by atomic mass is 9.98. The number of nitrogens with zero attached hydrogens (tertiary/aromatic N) is 2. The molecule has 3 heterocycles. The van der Waals surface area contributed by atoms with E-state index >= 15 is 0 Å². The molecule has 3 unspecified atom stereocenters. The maximum atomic E-state index is 13.7. The van der Waals surface area contributed by atoms with Crippen LogP contribution in [0.3, 0.4) is 0 Å². The minimum absolute atomic E-state index is 0.102. The predicted molar refractivity (Wildman–Crippen MR) is 168 cm³/mol. The summed E-state index contributed by atoms with van der Waals surface area (Å²) in [6.45, 7) is 2.47. The number of H-pyrrole nitrogens is 2. The van der Waals surface area contributed by atoms with Crippen LogP contribution in [0, 0.1) is 0 Å². The minimum Gasteiger partial charge on any atom is -0.453 e. The Hall–Kier alpha value is -4.70. The number of carbonyl (C=O) groups is 2. The Labute approximate surface area is 252 Å². The summed E-state index contributed by atoms with van der Waals surface area (Å²) in [6.07, 6.45) is 4.95. The molecule has 1 fully saturated rings. The fourth-order valence-electron chi connectivity index (χ4n) is 5.93. The maximum absolute atomic E-state index is 13.7. The van der Waals surface area contributed by atoms with Crippen LogP contribution in [0.25, 0.3) is 44.1 Å². The van der Waals surface area contributed by atoms with E-state index in [1.165, 1.54) is 7.11 Å². The third kappa shape index (κ3) is 5.57. The zero-order valence-corrected chi connectivity index (χ0v) is 25.0. The van der Waals surface area contributed by atoms with E-state index < -0.39 is 12.1 Å². The predicted octanol–water partition coefficient (Wildman–Crippen LogP) is 5.49. The SMILES string of the molecule is CCC([Si])C(NC(=O)OC)C(=O)N1CCCC1c1cc(=O)c2ccc(-c3ccc4cc(-c5cnc[nH]5)ccc4c3)cc2[nH]1. The summed E-state index contributed by atoms with van der Waals surface area (Å²) in [4.78, 5) is 51.4. The van der Waals surface area contributed by atoms with Crippen molar-refractivity contribution in [1.29, 1.82) is 0 Å². The number of likely N-dealkylation sites (tertiary alicyclic amines) is 1. The maximum Gasteiger partial charge on any atom is 0.407 e. The number of pyridine rings is 1. The van der Waals surface area contributed by atoms with Crippen molar-refractivity contribution >= 4 is 43.9 Å². The molecular weight excluding hydrogens is 558 g/mol. The number of ether oxygens (including phenoxy) is 1. The first-order valence-corrected chi connectivity index (χ1v) is 15.0. The number of rotatable bonds is 7. The van der Waals surface area contributed by atoms with E-state index in [0.29, 0.717) is 36.0 Å². The van der Waals surface area contributed by atoms with Crippen LogP contribution >= 0.6 is 0 Å². The van der Waals surface area contributed by atoms with Crippen molar-refractivity contribution in [3.63, 3.8) is 0 Å². The number of carbonyl (C=O) groups excluding carboxylic acids is 2. The summed E-state index contributed by atoms with van der Waals surface area (Å²) in [5.74, 6) is -0.212. The van der Waals surface area contributed by atoms with Crippen molar-refractivity contribution in [2.75, 3.05) is 13.7 Å². The average Bonchev–Trinajstić information content (AvgIpc) is 3.75. The molecule has 43 heavy (non-hydrogen) atoms. The van der Waals surface area contributed by atoms with Crippen LogP contribution < -0.4 is 10.7 Å². The van der Waals surface area contributed by atoms with E-state index in [1.807, 2.05) is 31.3 Å². The number of alkyl carbamates (subject to hydrolysis) is 1. The Kier molecular flexibility index (Phi) is 7.86. The first kappa shape index (κ1) is 28.4. The molecule has 9 nitrogen and oxygen atoms in total. The highest BCUT2D eigenvalue weighted by Gasteiger charge is 2.37. The largest absolute Gasteiger partial charge is 0.453 e. The number of nitrogens with one attached hydrogen (secondary N) is 3. The van der Waals surface area contributed by atoms with Gasteiger partial charge in [-0.3, -0.25) is 9.59 Å². The summed E-state index contributed by atoms with van der Waals surface area (Å²) >= 11 is 0. The van der Waals surface area contributed by atoms with Crippen LogP contribution in [0.1, 0.15) is 37.9 Å². The first-order valence-electron chi connectivity index (χ1n) is 14.4. The fraction of sp³-hybridized carbons (Fsp3) is 0.273. The van der Waals surface area contributed by atoms with Gasteiger partial charge in [-0.05, 0) is 64.5 Å². The van der Waals surface area contributed by atoms with Crippen molar-refractivity contribution in [3.8, 4) is 22.4 Å². The molecule has 1 aliphatic rings. The highest BCUT2D eigenvalue weighted by molar-refractivity contribution is 6.14. The van der Waals surface area contributed by atoms with Crippen LogP contribution in [0.5, 0.6) is 0 Å². The molecule has 217 valence electrons. The van der Waals surface area contributed by atoms with Gasteiger partial charge in [0.1, 0.15) is 6.04 Å². The van der Waals surface area contributed by atoms with E-state index in [-0.39, 0.29) is 22.9 Å². The van der Waals surface area contributed by atoms with Gasteiger partial charge in [0.15, 0.2) is 5.43 Å². The molecular formula is C33H32N5O4Si. The molecule has 0 saturated carbocycles. The van der Waals surface area contributed by atoms with E-state index in [4.69, 9.17) is 4.74 Å². The normalized spacial score (nSPS) is 16.3. The quantitative estimate of drug-likeness (QED) is 0.217. The summed E-state index contributed by atoms with van der Waals surface area (Å²) < 4.78 is 4.76. The lowest BCUT2D eigenvalue weighted by Gasteiger charge is -2.31. The number of benzene rings is 3. The number of amides is 2. The van der Waals surface area contributed by atoms with Crippen molar-refractivity contribution in [3.05, 3.63) is 89.1 Å². The number of hydrogen-bond donors (Lipinski definition) is 3.